The molecule has 2 aliphatic carbocycles. The molecular weight excluding hydrogens is 658 g/mol. The Morgan fingerprint density at radius 1 is 0.810 bits per heavy atom. The topological polar surface area (TPSA) is 104 Å². The first-order chi connectivity index (χ1) is 19.8. The number of Topliss-reactive ketones (excluding diaryl/α,β-unsaturated/α-hetero) is 1. The van der Waals surface area contributed by atoms with Gasteiger partial charge in [-0.1, -0.05) is 40.9 Å². The predicted octanol–water partition coefficient (Wildman–Crippen LogP) is 7.62. The number of alkyl halides is 2. The van der Waals surface area contributed by atoms with Crippen molar-refractivity contribution in [2.45, 2.75) is 23.1 Å². The smallest absolute Gasteiger partial charge is 0.257 e. The maximum absolute atomic E-state index is 15.1. The third-order valence-corrected chi connectivity index (χ3v) is 9.03. The molecule has 2 atom stereocenters. The zero-order valence-electron chi connectivity index (χ0n) is 21.0. The number of carbonyl (C=O) groups excluding carboxylic acids is 4. The summed E-state index contributed by atoms with van der Waals surface area (Å²) in [5.41, 5.74) is -0.569. The van der Waals surface area contributed by atoms with Crippen molar-refractivity contribution in [3.8, 4) is 0 Å². The van der Waals surface area contributed by atoms with E-state index in [2.05, 4.69) is 16.0 Å². The second kappa shape index (κ2) is 11.6. The van der Waals surface area contributed by atoms with Gasteiger partial charge in [-0.2, -0.15) is 0 Å². The van der Waals surface area contributed by atoms with Crippen molar-refractivity contribution in [1.29, 1.82) is 0 Å². The number of hydrogen-bond donors (Lipinski definition) is 3. The molecule has 0 heterocycles. The quantitative estimate of drug-likeness (QED) is 0.224. The van der Waals surface area contributed by atoms with Crippen LogP contribution in [-0.4, -0.2) is 27.8 Å². The molecule has 14 heteroatoms. The first kappa shape index (κ1) is 30.5. The lowest BCUT2D eigenvalue weighted by molar-refractivity contribution is -0.135. The largest absolute Gasteiger partial charge is 0.326 e. The number of rotatable bonds is 7. The van der Waals surface area contributed by atoms with Gasteiger partial charge in [0, 0.05) is 24.4 Å². The molecule has 0 bridgehead atoms. The molecule has 3 aromatic rings. The van der Waals surface area contributed by atoms with Gasteiger partial charge < -0.3 is 16.0 Å². The maximum atomic E-state index is 15.1. The third-order valence-electron chi connectivity index (χ3n) is 7.02. The Hall–Kier alpha value is -2.95. The summed E-state index contributed by atoms with van der Waals surface area (Å²) in [6.07, 6.45) is -0.0188. The summed E-state index contributed by atoms with van der Waals surface area (Å²) < 4.78 is 28.0. The van der Waals surface area contributed by atoms with Crippen LogP contribution in [0.2, 0.25) is 15.1 Å². The summed E-state index contributed by atoms with van der Waals surface area (Å²) in [6.45, 7) is 0. The molecule has 3 amide bonds. The molecule has 2 fully saturated rings. The van der Waals surface area contributed by atoms with E-state index in [4.69, 9.17) is 58.0 Å². The number of ketones is 1. The third kappa shape index (κ3) is 5.94. The highest BCUT2D eigenvalue weighted by molar-refractivity contribution is 6.53. The molecule has 2 aliphatic rings. The van der Waals surface area contributed by atoms with Crippen molar-refractivity contribution in [2.24, 2.45) is 11.8 Å². The lowest BCUT2D eigenvalue weighted by Crippen LogP contribution is -2.35. The van der Waals surface area contributed by atoms with Gasteiger partial charge in [-0.3, -0.25) is 19.2 Å². The second-order valence-electron chi connectivity index (χ2n) is 9.86. The van der Waals surface area contributed by atoms with E-state index in [0.717, 1.165) is 12.1 Å². The SMILES string of the molecule is O=C1CC(C(=O)Nc2c(F)ccc(NC(=O)c3cc(NC(=O)[C@H]4[C@H](c5ccc(Cl)c(Cl)c5)C4(Cl)Cl)ccc3Cl)c2F)C1. The fraction of sp³-hybridized carbons (Fsp3) is 0.214. The van der Waals surface area contributed by atoms with Gasteiger partial charge in [0.1, 0.15) is 21.6 Å². The molecule has 5 rings (SSSR count). The van der Waals surface area contributed by atoms with Crippen LogP contribution in [0.5, 0.6) is 0 Å². The number of benzene rings is 3. The van der Waals surface area contributed by atoms with E-state index in [9.17, 15) is 23.6 Å². The van der Waals surface area contributed by atoms with Crippen LogP contribution in [0.15, 0.2) is 48.5 Å². The molecule has 3 aromatic carbocycles. The van der Waals surface area contributed by atoms with E-state index in [1.165, 1.54) is 18.2 Å². The molecule has 2 saturated carbocycles. The highest BCUT2D eigenvalue weighted by Gasteiger charge is 2.67. The van der Waals surface area contributed by atoms with E-state index >= 15 is 4.39 Å². The van der Waals surface area contributed by atoms with Gasteiger partial charge in [0.05, 0.1) is 38.2 Å². The summed E-state index contributed by atoms with van der Waals surface area (Å²) in [6, 6.07) is 10.7. The number of hydrogen-bond acceptors (Lipinski definition) is 4. The van der Waals surface area contributed by atoms with Crippen molar-refractivity contribution in [3.05, 3.63) is 86.4 Å². The van der Waals surface area contributed by atoms with Crippen LogP contribution in [0, 0.1) is 23.5 Å². The Bertz CT molecular complexity index is 1660. The fourth-order valence-corrected chi connectivity index (χ4v) is 5.96. The highest BCUT2D eigenvalue weighted by Crippen LogP contribution is 2.65. The Balaban J connectivity index is 1.30. The van der Waals surface area contributed by atoms with E-state index < -0.39 is 62.8 Å². The van der Waals surface area contributed by atoms with Gasteiger partial charge in [0.15, 0.2) is 5.82 Å². The van der Waals surface area contributed by atoms with Crippen LogP contribution >= 0.6 is 58.0 Å². The predicted molar refractivity (Wildman–Crippen MR) is 158 cm³/mol. The molecule has 0 aromatic heterocycles. The van der Waals surface area contributed by atoms with Crippen LogP contribution in [0.1, 0.15) is 34.7 Å². The van der Waals surface area contributed by atoms with Gasteiger partial charge in [0.2, 0.25) is 11.8 Å². The van der Waals surface area contributed by atoms with Crippen LogP contribution < -0.4 is 16.0 Å². The van der Waals surface area contributed by atoms with Crippen molar-refractivity contribution >= 4 is 98.6 Å². The summed E-state index contributed by atoms with van der Waals surface area (Å²) >= 11 is 31.1. The molecule has 7 nitrogen and oxygen atoms in total. The van der Waals surface area contributed by atoms with Gasteiger partial charge in [0.25, 0.3) is 5.91 Å². The molecule has 3 N–H and O–H groups in total. The average Bonchev–Trinajstić information content (AvgIpc) is 3.50. The zero-order chi connectivity index (χ0) is 30.5. The average molecular weight is 676 g/mol. The summed E-state index contributed by atoms with van der Waals surface area (Å²) in [4.78, 5) is 49.5. The van der Waals surface area contributed by atoms with E-state index in [1.807, 2.05) is 0 Å². The standard InChI is InChI=1S/C28H18Cl5F2N3O4/c29-16-4-2-13(36-27(42)22-21(28(22,32)33)11-1-3-17(30)18(31)9-11)10-15(16)26(41)37-20-6-5-19(34)24(23(20)35)38-25(40)12-7-14(39)8-12/h1-6,9-10,12,21-22H,7-8H2,(H,36,42)(H,37,41)(H,38,40)/t21-,22+/m0/s1. The molecule has 0 aliphatic heterocycles. The lowest BCUT2D eigenvalue weighted by Gasteiger charge is -2.23. The second-order valence-corrected chi connectivity index (χ2v) is 12.5. The number of carbonyl (C=O) groups is 4. The Morgan fingerprint density at radius 2 is 1.50 bits per heavy atom. The molecule has 0 unspecified atom stereocenters. The minimum absolute atomic E-state index is 0.00940. The van der Waals surface area contributed by atoms with E-state index in [-0.39, 0.29) is 39.9 Å². The summed E-state index contributed by atoms with van der Waals surface area (Å²) in [7, 11) is 0. The fourth-order valence-electron chi connectivity index (χ4n) is 4.62. The van der Waals surface area contributed by atoms with Crippen molar-refractivity contribution < 1.29 is 28.0 Å². The minimum Gasteiger partial charge on any atom is -0.326 e. The molecule has 0 saturated heterocycles. The number of amides is 3. The first-order valence-electron chi connectivity index (χ1n) is 12.3. The summed E-state index contributed by atoms with van der Waals surface area (Å²) in [5, 5.41) is 7.66. The Kier molecular flexibility index (Phi) is 8.44. The van der Waals surface area contributed by atoms with Gasteiger partial charge in [-0.25, -0.2) is 8.78 Å². The van der Waals surface area contributed by atoms with Gasteiger partial charge >= 0.3 is 0 Å². The maximum Gasteiger partial charge on any atom is 0.257 e. The van der Waals surface area contributed by atoms with E-state index in [0.29, 0.717) is 10.6 Å². The van der Waals surface area contributed by atoms with Crippen LogP contribution in [0.3, 0.4) is 0 Å². The van der Waals surface area contributed by atoms with Crippen molar-refractivity contribution in [1.82, 2.24) is 0 Å². The zero-order valence-corrected chi connectivity index (χ0v) is 24.8. The van der Waals surface area contributed by atoms with Crippen molar-refractivity contribution in [3.63, 3.8) is 0 Å². The Morgan fingerprint density at radius 3 is 2.17 bits per heavy atom. The van der Waals surface area contributed by atoms with Gasteiger partial charge in [-0.15, -0.1) is 23.2 Å². The molecule has 0 spiro atoms. The Labute approximate surface area is 262 Å². The molecular formula is C28H18Cl5F2N3O4. The number of nitrogens with one attached hydrogen (secondary N) is 3. The first-order valence-corrected chi connectivity index (χ1v) is 14.2. The lowest BCUT2D eigenvalue weighted by atomic mass is 9.83. The number of halogens is 7. The van der Waals surface area contributed by atoms with Crippen LogP contribution in [-0.2, 0) is 14.4 Å². The van der Waals surface area contributed by atoms with Crippen LogP contribution in [0.4, 0.5) is 25.8 Å². The number of anilines is 3. The normalized spacial score (nSPS) is 19.1. The highest BCUT2D eigenvalue weighted by atomic mass is 35.5. The molecule has 42 heavy (non-hydrogen) atoms. The van der Waals surface area contributed by atoms with Crippen molar-refractivity contribution in [2.75, 3.05) is 16.0 Å². The van der Waals surface area contributed by atoms with Gasteiger partial charge in [-0.05, 0) is 48.0 Å². The molecule has 218 valence electrons. The van der Waals surface area contributed by atoms with E-state index in [1.54, 1.807) is 18.2 Å². The van der Waals surface area contributed by atoms with Crippen LogP contribution in [0.25, 0.3) is 0 Å². The summed E-state index contributed by atoms with van der Waals surface area (Å²) in [5.74, 6) is -6.67. The molecule has 0 radical (unpaired) electrons. The minimum atomic E-state index is -1.42. The monoisotopic (exact) mass is 673 g/mol.